The van der Waals surface area contributed by atoms with Crippen LogP contribution in [-0.4, -0.2) is 52.5 Å². The topological polar surface area (TPSA) is 45.3 Å². The van der Waals surface area contributed by atoms with Crippen molar-refractivity contribution in [1.29, 1.82) is 0 Å². The highest BCUT2D eigenvalue weighted by Gasteiger charge is 2.26. The van der Waals surface area contributed by atoms with Gasteiger partial charge in [0.05, 0.1) is 0 Å². The first kappa shape index (κ1) is 39.1. The van der Waals surface area contributed by atoms with E-state index in [0.717, 1.165) is 31.1 Å². The zero-order valence-corrected chi connectivity index (χ0v) is 24.9. The van der Waals surface area contributed by atoms with E-state index in [1.54, 1.807) is 0 Å². The molecule has 4 nitrogen and oxygen atoms in total. The largest absolute Gasteiger partial charge is 0.381 e. The first-order valence-electron chi connectivity index (χ1n) is 13.8. The molecule has 32 heavy (non-hydrogen) atoms. The van der Waals surface area contributed by atoms with Crippen molar-refractivity contribution in [2.45, 2.75) is 139 Å². The van der Waals surface area contributed by atoms with Crippen LogP contribution < -0.4 is 16.0 Å². The molecule has 2 rings (SSSR count). The summed E-state index contributed by atoms with van der Waals surface area (Å²) in [6, 6.07) is 2.11. The van der Waals surface area contributed by atoms with Gasteiger partial charge in [-0.2, -0.15) is 0 Å². The van der Waals surface area contributed by atoms with Crippen molar-refractivity contribution in [1.82, 2.24) is 16.0 Å². The van der Waals surface area contributed by atoms with E-state index in [2.05, 4.69) is 85.2 Å². The van der Waals surface area contributed by atoms with Crippen molar-refractivity contribution >= 4 is 0 Å². The molecule has 1 saturated carbocycles. The van der Waals surface area contributed by atoms with Crippen molar-refractivity contribution in [2.24, 2.45) is 11.8 Å². The Bertz CT molecular complexity index is 284. The lowest BCUT2D eigenvalue weighted by Gasteiger charge is -2.27. The van der Waals surface area contributed by atoms with Crippen molar-refractivity contribution < 1.29 is 4.74 Å². The van der Waals surface area contributed by atoms with E-state index in [0.29, 0.717) is 12.1 Å². The minimum Gasteiger partial charge on any atom is -0.381 e. The van der Waals surface area contributed by atoms with Crippen LogP contribution in [0.25, 0.3) is 0 Å². The maximum Gasteiger partial charge on any atom is 0.0469 e. The summed E-state index contributed by atoms with van der Waals surface area (Å²) in [7, 11) is 6.04. The molecule has 1 saturated heterocycles. The summed E-state index contributed by atoms with van der Waals surface area (Å²) < 4.78 is 5.27. The lowest BCUT2D eigenvalue weighted by atomic mass is 9.93. The van der Waals surface area contributed by atoms with Gasteiger partial charge in [0, 0.05) is 31.3 Å². The van der Waals surface area contributed by atoms with Gasteiger partial charge in [-0.15, -0.1) is 0 Å². The smallest absolute Gasteiger partial charge is 0.0469 e. The van der Waals surface area contributed by atoms with Gasteiger partial charge in [-0.3, -0.25) is 0 Å². The quantitative estimate of drug-likeness (QED) is 0.389. The van der Waals surface area contributed by atoms with Gasteiger partial charge in [0.25, 0.3) is 0 Å². The van der Waals surface area contributed by atoms with Gasteiger partial charge in [0.15, 0.2) is 0 Å². The minimum atomic E-state index is 0.656. The summed E-state index contributed by atoms with van der Waals surface area (Å²) in [5, 5.41) is 9.62. The molecule has 4 heteroatoms. The maximum atomic E-state index is 5.27. The predicted molar refractivity (Wildman–Crippen MR) is 150 cm³/mol. The summed E-state index contributed by atoms with van der Waals surface area (Å²) in [6.07, 6.45) is 10.3. The van der Waals surface area contributed by atoms with Gasteiger partial charge >= 0.3 is 0 Å². The highest BCUT2D eigenvalue weighted by atomic mass is 16.5. The van der Waals surface area contributed by atoms with Crippen LogP contribution in [0.5, 0.6) is 0 Å². The molecule has 1 heterocycles. The molecule has 2 aliphatic rings. The van der Waals surface area contributed by atoms with E-state index in [-0.39, 0.29) is 0 Å². The fourth-order valence-corrected chi connectivity index (χ4v) is 2.49. The van der Waals surface area contributed by atoms with Gasteiger partial charge < -0.3 is 20.7 Å². The summed E-state index contributed by atoms with van der Waals surface area (Å²) in [6.45, 7) is 23.5. The summed E-state index contributed by atoms with van der Waals surface area (Å²) in [5.74, 6) is 1.84. The standard InChI is InChI=1S/C8H17NO.C6H13N.C5H13N.3C3H8/c1-7(9-2)8-3-5-10-6-4-8;1-5(7-2)6-3-4-6;1-4-5(2)6-3;3*1-3-2/h7-9H,3-6H2,1-2H3;5-7H,3-4H2,1-2H3;5-6H,4H2,1-3H3;3*3H2,1-2H3. The van der Waals surface area contributed by atoms with E-state index in [1.165, 1.54) is 51.4 Å². The van der Waals surface area contributed by atoms with Crippen LogP contribution in [0.2, 0.25) is 0 Å². The molecule has 3 N–H and O–H groups in total. The number of ether oxygens (including phenoxy) is 1. The molecular weight excluding hydrogens is 394 g/mol. The van der Waals surface area contributed by atoms with Crippen molar-refractivity contribution in [3.63, 3.8) is 0 Å². The molecule has 3 atom stereocenters. The Morgan fingerprint density at radius 1 is 0.594 bits per heavy atom. The summed E-state index contributed by atoms with van der Waals surface area (Å²) in [4.78, 5) is 0. The van der Waals surface area contributed by atoms with Crippen LogP contribution >= 0.6 is 0 Å². The van der Waals surface area contributed by atoms with Crippen LogP contribution in [0.1, 0.15) is 121 Å². The molecule has 0 amide bonds. The number of rotatable bonds is 6. The minimum absolute atomic E-state index is 0.656. The van der Waals surface area contributed by atoms with E-state index >= 15 is 0 Å². The zero-order valence-electron chi connectivity index (χ0n) is 24.9. The second-order valence-corrected chi connectivity index (χ2v) is 9.16. The van der Waals surface area contributed by atoms with Crippen LogP contribution in [0, 0.1) is 11.8 Å². The molecule has 200 valence electrons. The Morgan fingerprint density at radius 2 is 0.906 bits per heavy atom. The van der Waals surface area contributed by atoms with Crippen LogP contribution in [0.4, 0.5) is 0 Å². The SMILES string of the molecule is CCC.CCC.CCC.CCC(C)NC.CNC(C)C1CC1.CNC(C)C1CCOCC1. The van der Waals surface area contributed by atoms with Crippen molar-refractivity contribution in [2.75, 3.05) is 34.4 Å². The summed E-state index contributed by atoms with van der Waals surface area (Å²) in [5.41, 5.74) is 0. The molecule has 0 aromatic rings. The van der Waals surface area contributed by atoms with E-state index in [1.807, 2.05) is 21.1 Å². The molecular formula is C28H67N3O. The third kappa shape index (κ3) is 34.5. The van der Waals surface area contributed by atoms with Gasteiger partial charge in [-0.05, 0) is 85.9 Å². The average Bonchev–Trinajstić information content (AvgIpc) is 3.66. The zero-order chi connectivity index (χ0) is 25.8. The van der Waals surface area contributed by atoms with Crippen LogP contribution in [0.3, 0.4) is 0 Å². The highest BCUT2D eigenvalue weighted by Crippen LogP contribution is 2.31. The normalized spacial score (nSPS) is 17.5. The van der Waals surface area contributed by atoms with Gasteiger partial charge in [-0.1, -0.05) is 67.7 Å². The van der Waals surface area contributed by atoms with E-state index in [4.69, 9.17) is 4.74 Å². The first-order valence-corrected chi connectivity index (χ1v) is 13.8. The first-order chi connectivity index (χ1) is 15.2. The Balaban J connectivity index is -0.000000159. The number of hydrogen-bond acceptors (Lipinski definition) is 4. The molecule has 0 aromatic heterocycles. The summed E-state index contributed by atoms with van der Waals surface area (Å²) >= 11 is 0. The second-order valence-electron chi connectivity index (χ2n) is 9.16. The Labute approximate surface area is 205 Å². The van der Waals surface area contributed by atoms with Crippen molar-refractivity contribution in [3.05, 3.63) is 0 Å². The fraction of sp³-hybridized carbons (Fsp3) is 1.00. The number of nitrogens with one attached hydrogen (secondary N) is 3. The number of hydrogen-bond donors (Lipinski definition) is 3. The molecule has 0 bridgehead atoms. The molecule has 1 aliphatic carbocycles. The monoisotopic (exact) mass is 462 g/mol. The predicted octanol–water partition coefficient (Wildman–Crippen LogP) is 7.28. The highest BCUT2D eigenvalue weighted by molar-refractivity contribution is 4.81. The lowest BCUT2D eigenvalue weighted by molar-refractivity contribution is 0.0569. The Hall–Kier alpha value is -0.160. The molecule has 3 unspecified atom stereocenters. The average molecular weight is 462 g/mol. The molecule has 0 spiro atoms. The van der Waals surface area contributed by atoms with E-state index in [9.17, 15) is 0 Å². The molecule has 0 radical (unpaired) electrons. The lowest BCUT2D eigenvalue weighted by Crippen LogP contribution is -2.34. The molecule has 2 fully saturated rings. The van der Waals surface area contributed by atoms with Gasteiger partial charge in [-0.25, -0.2) is 0 Å². The van der Waals surface area contributed by atoms with Crippen molar-refractivity contribution in [3.8, 4) is 0 Å². The van der Waals surface area contributed by atoms with Gasteiger partial charge in [0.1, 0.15) is 0 Å². The van der Waals surface area contributed by atoms with E-state index < -0.39 is 0 Å². The fourth-order valence-electron chi connectivity index (χ4n) is 2.49. The maximum absolute atomic E-state index is 5.27. The third-order valence-electron chi connectivity index (χ3n) is 5.32. The molecule has 1 aliphatic heterocycles. The van der Waals surface area contributed by atoms with Gasteiger partial charge in [0.2, 0.25) is 0 Å². The molecule has 0 aromatic carbocycles. The third-order valence-corrected chi connectivity index (χ3v) is 5.32. The van der Waals surface area contributed by atoms with Crippen LogP contribution in [-0.2, 0) is 4.74 Å². The van der Waals surface area contributed by atoms with Crippen LogP contribution in [0.15, 0.2) is 0 Å². The second kappa shape index (κ2) is 33.0. The Kier molecular flexibility index (Phi) is 40.3. The Morgan fingerprint density at radius 3 is 1.06 bits per heavy atom.